The Kier molecular flexibility index (Phi) is 7.26. The number of benzene rings is 2. The number of carbonyl (C=O) groups excluding carboxylic acids is 2. The molecular formula is C25H28N6O2. The summed E-state index contributed by atoms with van der Waals surface area (Å²) in [6.07, 6.45) is 4.82. The molecule has 5 rings (SSSR count). The van der Waals surface area contributed by atoms with Crippen LogP contribution in [0.1, 0.15) is 33.7 Å². The summed E-state index contributed by atoms with van der Waals surface area (Å²) in [5.41, 5.74) is 2.68. The molecule has 0 saturated carbocycles. The topological polar surface area (TPSA) is 112 Å². The van der Waals surface area contributed by atoms with E-state index in [0.29, 0.717) is 35.2 Å². The van der Waals surface area contributed by atoms with E-state index in [1.54, 1.807) is 19.3 Å². The molecule has 0 radical (unpaired) electrons. The first-order valence-corrected chi connectivity index (χ1v) is 11.1. The molecule has 2 aromatic carbocycles. The number of rotatable bonds is 5. The molecule has 8 heteroatoms. The van der Waals surface area contributed by atoms with Crippen LogP contribution < -0.4 is 16.0 Å². The van der Waals surface area contributed by atoms with Crippen LogP contribution in [0, 0.1) is 5.92 Å². The molecule has 4 N–H and O–H groups in total. The van der Waals surface area contributed by atoms with Gasteiger partial charge in [0.15, 0.2) is 6.29 Å². The number of aromatic nitrogens is 3. The van der Waals surface area contributed by atoms with Gasteiger partial charge in [0.25, 0.3) is 5.91 Å². The fourth-order valence-electron chi connectivity index (χ4n) is 3.93. The first kappa shape index (κ1) is 22.4. The van der Waals surface area contributed by atoms with Crippen molar-refractivity contribution in [2.24, 2.45) is 5.92 Å². The number of para-hydroxylation sites is 1. The standard InChI is InChI=1S/C15H21N5O.C10H7NO/c1-16-15-19-12-6-2-5-11(13(12)20-15)14(21)18-9-10-4-3-7-17-8-10;12-7-10-5-8-3-1-2-4-9(8)6-11-10/h2,5-6,10,17H,3-4,7-9H2,1H3,(H,18,21)(H2,16,19,20);1-7H. The van der Waals surface area contributed by atoms with E-state index < -0.39 is 0 Å². The van der Waals surface area contributed by atoms with Crippen LogP contribution in [0.4, 0.5) is 5.95 Å². The highest BCUT2D eigenvalue weighted by Gasteiger charge is 2.17. The van der Waals surface area contributed by atoms with Gasteiger partial charge in [-0.15, -0.1) is 0 Å². The van der Waals surface area contributed by atoms with Crippen molar-refractivity contribution < 1.29 is 9.59 Å². The molecule has 1 aliphatic rings. The largest absolute Gasteiger partial charge is 0.359 e. The quantitative estimate of drug-likeness (QED) is 0.351. The molecule has 3 heterocycles. The van der Waals surface area contributed by atoms with Crippen LogP contribution >= 0.6 is 0 Å². The number of nitrogens with one attached hydrogen (secondary N) is 4. The van der Waals surface area contributed by atoms with Crippen LogP contribution in [0.5, 0.6) is 0 Å². The maximum Gasteiger partial charge on any atom is 0.253 e. The molecule has 0 spiro atoms. The van der Waals surface area contributed by atoms with Crippen LogP contribution in [0.3, 0.4) is 0 Å². The summed E-state index contributed by atoms with van der Waals surface area (Å²) in [4.78, 5) is 34.3. The van der Waals surface area contributed by atoms with E-state index >= 15 is 0 Å². The van der Waals surface area contributed by atoms with Crippen molar-refractivity contribution in [1.29, 1.82) is 0 Å². The molecule has 2 aromatic heterocycles. The maximum absolute atomic E-state index is 12.4. The lowest BCUT2D eigenvalue weighted by Crippen LogP contribution is -2.38. The molecule has 170 valence electrons. The minimum absolute atomic E-state index is 0.0553. The molecule has 4 aromatic rings. The molecule has 1 atom stereocenters. The van der Waals surface area contributed by atoms with E-state index in [1.165, 1.54) is 12.8 Å². The molecule has 1 aliphatic heterocycles. The number of aldehydes is 1. The molecule has 8 nitrogen and oxygen atoms in total. The highest BCUT2D eigenvalue weighted by Crippen LogP contribution is 2.19. The van der Waals surface area contributed by atoms with Gasteiger partial charge in [-0.05, 0) is 55.4 Å². The van der Waals surface area contributed by atoms with Gasteiger partial charge >= 0.3 is 0 Å². The molecule has 1 saturated heterocycles. The van der Waals surface area contributed by atoms with Crippen LogP contribution in [-0.4, -0.2) is 53.8 Å². The number of anilines is 1. The Labute approximate surface area is 192 Å². The Morgan fingerprint density at radius 3 is 2.79 bits per heavy atom. The summed E-state index contributed by atoms with van der Waals surface area (Å²) in [6, 6.07) is 15.2. The highest BCUT2D eigenvalue weighted by molar-refractivity contribution is 6.05. The third-order valence-corrected chi connectivity index (χ3v) is 5.72. The van der Waals surface area contributed by atoms with Crippen molar-refractivity contribution in [2.75, 3.05) is 32.0 Å². The van der Waals surface area contributed by atoms with Crippen molar-refractivity contribution in [2.45, 2.75) is 12.8 Å². The van der Waals surface area contributed by atoms with Gasteiger partial charge in [0.05, 0.1) is 11.1 Å². The lowest BCUT2D eigenvalue weighted by Gasteiger charge is -2.22. The fraction of sp³-hybridized carbons (Fsp3) is 0.280. The van der Waals surface area contributed by atoms with E-state index in [4.69, 9.17) is 0 Å². The van der Waals surface area contributed by atoms with Crippen LogP contribution in [0.25, 0.3) is 21.8 Å². The monoisotopic (exact) mass is 444 g/mol. The number of carbonyl (C=O) groups is 2. The van der Waals surface area contributed by atoms with Crippen LogP contribution in [0.15, 0.2) is 54.7 Å². The van der Waals surface area contributed by atoms with Gasteiger partial charge in [-0.3, -0.25) is 14.6 Å². The number of nitrogens with zero attached hydrogens (tertiary/aromatic N) is 2. The summed E-state index contributed by atoms with van der Waals surface area (Å²) < 4.78 is 0. The number of pyridine rings is 1. The minimum atomic E-state index is -0.0553. The second-order valence-corrected chi connectivity index (χ2v) is 8.03. The first-order valence-electron chi connectivity index (χ1n) is 11.1. The number of piperidine rings is 1. The van der Waals surface area contributed by atoms with Gasteiger partial charge in [0, 0.05) is 25.2 Å². The average Bonchev–Trinajstić information content (AvgIpc) is 3.31. The zero-order valence-electron chi connectivity index (χ0n) is 18.6. The number of hydrogen-bond donors (Lipinski definition) is 4. The van der Waals surface area contributed by atoms with E-state index in [0.717, 1.165) is 35.7 Å². The summed E-state index contributed by atoms with van der Waals surface area (Å²) in [5, 5.41) is 11.5. The third kappa shape index (κ3) is 5.53. The van der Waals surface area contributed by atoms with Gasteiger partial charge in [-0.25, -0.2) is 4.98 Å². The van der Waals surface area contributed by atoms with Gasteiger partial charge in [-0.2, -0.15) is 0 Å². The normalized spacial score (nSPS) is 15.5. The Hall–Kier alpha value is -3.78. The molecular weight excluding hydrogens is 416 g/mol. The fourth-order valence-corrected chi connectivity index (χ4v) is 3.93. The Morgan fingerprint density at radius 1 is 1.18 bits per heavy atom. The number of hydrogen-bond acceptors (Lipinski definition) is 6. The smallest absolute Gasteiger partial charge is 0.253 e. The molecule has 1 fully saturated rings. The third-order valence-electron chi connectivity index (χ3n) is 5.72. The Morgan fingerprint density at radius 2 is 2.03 bits per heavy atom. The molecule has 33 heavy (non-hydrogen) atoms. The zero-order valence-corrected chi connectivity index (χ0v) is 18.6. The summed E-state index contributed by atoms with van der Waals surface area (Å²) in [7, 11) is 1.80. The number of amides is 1. The van der Waals surface area contributed by atoms with Crippen molar-refractivity contribution in [3.63, 3.8) is 0 Å². The lowest BCUT2D eigenvalue weighted by atomic mass is 9.99. The molecule has 0 aliphatic carbocycles. The van der Waals surface area contributed by atoms with Crippen molar-refractivity contribution in [1.82, 2.24) is 25.6 Å². The predicted molar refractivity (Wildman–Crippen MR) is 131 cm³/mol. The first-order chi connectivity index (χ1) is 16.2. The SMILES string of the molecule is CNc1nc2c(C(=O)NCC3CCCNC3)cccc2[nH]1.O=Cc1cc2ccccc2cn1. The van der Waals surface area contributed by atoms with Gasteiger partial charge < -0.3 is 20.9 Å². The van der Waals surface area contributed by atoms with E-state index in [1.807, 2.05) is 42.5 Å². The Bertz CT molecular complexity index is 1250. The second-order valence-electron chi connectivity index (χ2n) is 8.03. The van der Waals surface area contributed by atoms with E-state index in [-0.39, 0.29) is 5.91 Å². The number of imidazole rings is 1. The number of H-pyrrole nitrogens is 1. The van der Waals surface area contributed by atoms with Crippen molar-refractivity contribution in [3.05, 3.63) is 66.0 Å². The van der Waals surface area contributed by atoms with E-state index in [2.05, 4.69) is 30.9 Å². The highest BCUT2D eigenvalue weighted by atomic mass is 16.1. The summed E-state index contributed by atoms with van der Waals surface area (Å²) >= 11 is 0. The van der Waals surface area contributed by atoms with Gasteiger partial charge in [0.1, 0.15) is 11.2 Å². The molecule has 1 unspecified atom stereocenters. The lowest BCUT2D eigenvalue weighted by molar-refractivity contribution is 0.0946. The summed E-state index contributed by atoms with van der Waals surface area (Å²) in [6.45, 7) is 2.78. The number of fused-ring (bicyclic) bond motifs is 2. The van der Waals surface area contributed by atoms with Crippen molar-refractivity contribution in [3.8, 4) is 0 Å². The second kappa shape index (κ2) is 10.7. The molecule has 1 amide bonds. The predicted octanol–water partition coefficient (Wildman–Crippen LogP) is 3.38. The zero-order chi connectivity index (χ0) is 23.0. The molecule has 0 bridgehead atoms. The average molecular weight is 445 g/mol. The summed E-state index contributed by atoms with van der Waals surface area (Å²) in [5.74, 6) is 1.14. The minimum Gasteiger partial charge on any atom is -0.359 e. The maximum atomic E-state index is 12.4. The van der Waals surface area contributed by atoms with Gasteiger partial charge in [0.2, 0.25) is 5.95 Å². The van der Waals surface area contributed by atoms with Crippen molar-refractivity contribution >= 4 is 39.9 Å². The van der Waals surface area contributed by atoms with Crippen LogP contribution in [-0.2, 0) is 0 Å². The number of aromatic amines is 1. The Balaban J connectivity index is 0.000000183. The van der Waals surface area contributed by atoms with Crippen LogP contribution in [0.2, 0.25) is 0 Å². The van der Waals surface area contributed by atoms with E-state index in [9.17, 15) is 9.59 Å². The van der Waals surface area contributed by atoms with Gasteiger partial charge in [-0.1, -0.05) is 30.3 Å².